The van der Waals surface area contributed by atoms with Crippen molar-refractivity contribution in [2.75, 3.05) is 12.3 Å². The predicted octanol–water partition coefficient (Wildman–Crippen LogP) is 0.236. The lowest BCUT2D eigenvalue weighted by atomic mass is 10.2. The van der Waals surface area contributed by atoms with Gasteiger partial charge >= 0.3 is 0 Å². The zero-order valence-corrected chi connectivity index (χ0v) is 10.1. The fourth-order valence-corrected chi connectivity index (χ4v) is 2.82. The van der Waals surface area contributed by atoms with Crippen molar-refractivity contribution in [3.8, 4) is 0 Å². The van der Waals surface area contributed by atoms with E-state index in [2.05, 4.69) is 4.72 Å². The summed E-state index contributed by atoms with van der Waals surface area (Å²) in [4.78, 5) is 0.0793. The fraction of sp³-hybridized carbons (Fsp3) is 0.400. The Morgan fingerprint density at radius 1 is 1.50 bits per heavy atom. The smallest absolute Gasteiger partial charge is 0.242 e. The minimum absolute atomic E-state index is 0.0316. The maximum Gasteiger partial charge on any atom is 0.242 e. The number of sulfonamides is 1. The third kappa shape index (κ3) is 2.94. The molecule has 0 bridgehead atoms. The van der Waals surface area contributed by atoms with Crippen LogP contribution in [0.15, 0.2) is 23.1 Å². The van der Waals surface area contributed by atoms with E-state index in [1.54, 1.807) is 19.1 Å². The summed E-state index contributed by atoms with van der Waals surface area (Å²) in [6.45, 7) is 3.15. The lowest BCUT2D eigenvalue weighted by Crippen LogP contribution is -2.31. The molecule has 0 aromatic heterocycles. The van der Waals surface area contributed by atoms with E-state index in [1.807, 2.05) is 0 Å². The van der Waals surface area contributed by atoms with Gasteiger partial charge in [0.25, 0.3) is 0 Å². The van der Waals surface area contributed by atoms with Crippen molar-refractivity contribution >= 4 is 15.7 Å². The SMILES string of the molecule is Cc1cccc(N)c1S(=O)(=O)NCC(C)O. The van der Waals surface area contributed by atoms with Crippen LogP contribution in [0.1, 0.15) is 12.5 Å². The molecule has 0 aliphatic rings. The summed E-state index contributed by atoms with van der Waals surface area (Å²) < 4.78 is 26.1. The van der Waals surface area contributed by atoms with Crippen LogP contribution in [0.25, 0.3) is 0 Å². The molecular weight excluding hydrogens is 228 g/mol. The molecule has 0 aliphatic carbocycles. The first kappa shape index (κ1) is 13.0. The summed E-state index contributed by atoms with van der Waals surface area (Å²) in [6.07, 6.45) is -0.736. The number of anilines is 1. The summed E-state index contributed by atoms with van der Waals surface area (Å²) in [5, 5.41) is 9.04. The van der Waals surface area contributed by atoms with E-state index in [4.69, 9.17) is 10.8 Å². The van der Waals surface area contributed by atoms with E-state index in [0.29, 0.717) is 5.56 Å². The van der Waals surface area contributed by atoms with Crippen LogP contribution in [0.5, 0.6) is 0 Å². The predicted molar refractivity (Wildman–Crippen MR) is 62.5 cm³/mol. The fourth-order valence-electron chi connectivity index (χ4n) is 1.34. The second kappa shape index (κ2) is 4.82. The Kier molecular flexibility index (Phi) is 3.90. The molecule has 90 valence electrons. The van der Waals surface area contributed by atoms with Gasteiger partial charge in [0.1, 0.15) is 4.90 Å². The Balaban J connectivity index is 3.08. The number of aryl methyl sites for hydroxylation is 1. The van der Waals surface area contributed by atoms with Crippen molar-refractivity contribution in [3.05, 3.63) is 23.8 Å². The molecular formula is C10H16N2O3S. The molecule has 1 unspecified atom stereocenters. The number of rotatable bonds is 4. The standard InChI is InChI=1S/C10H16N2O3S/c1-7-4-3-5-9(11)10(7)16(14,15)12-6-8(2)13/h3-5,8,12-13H,6,11H2,1-2H3. The van der Waals surface area contributed by atoms with E-state index < -0.39 is 16.1 Å². The molecule has 0 fully saturated rings. The largest absolute Gasteiger partial charge is 0.398 e. The molecule has 1 rings (SSSR count). The van der Waals surface area contributed by atoms with Crippen LogP contribution in [0.2, 0.25) is 0 Å². The van der Waals surface area contributed by atoms with Gasteiger partial charge < -0.3 is 10.8 Å². The molecule has 1 aromatic rings. The van der Waals surface area contributed by atoms with E-state index in [1.165, 1.54) is 13.0 Å². The minimum Gasteiger partial charge on any atom is -0.398 e. The Morgan fingerprint density at radius 2 is 2.12 bits per heavy atom. The summed E-state index contributed by atoms with van der Waals surface area (Å²) in [6, 6.07) is 4.90. The number of hydrogen-bond donors (Lipinski definition) is 3. The molecule has 1 atom stereocenters. The maximum atomic E-state index is 11.9. The van der Waals surface area contributed by atoms with E-state index in [-0.39, 0.29) is 17.1 Å². The van der Waals surface area contributed by atoms with Crippen molar-refractivity contribution in [1.29, 1.82) is 0 Å². The van der Waals surface area contributed by atoms with Gasteiger partial charge in [-0.05, 0) is 25.5 Å². The van der Waals surface area contributed by atoms with E-state index >= 15 is 0 Å². The molecule has 1 aromatic carbocycles. The normalized spacial score (nSPS) is 13.7. The monoisotopic (exact) mass is 244 g/mol. The summed E-state index contributed by atoms with van der Waals surface area (Å²) in [5.41, 5.74) is 6.42. The van der Waals surface area contributed by atoms with Gasteiger partial charge in [0.2, 0.25) is 10.0 Å². The van der Waals surface area contributed by atoms with Crippen molar-refractivity contribution in [2.45, 2.75) is 24.8 Å². The van der Waals surface area contributed by atoms with Crippen LogP contribution in [-0.2, 0) is 10.0 Å². The van der Waals surface area contributed by atoms with Crippen LogP contribution in [0.3, 0.4) is 0 Å². The van der Waals surface area contributed by atoms with Gasteiger partial charge in [-0.3, -0.25) is 0 Å². The molecule has 0 amide bonds. The second-order valence-corrected chi connectivity index (χ2v) is 5.40. The highest BCUT2D eigenvalue weighted by molar-refractivity contribution is 7.89. The summed E-state index contributed by atoms with van der Waals surface area (Å²) in [5.74, 6) is 0. The molecule has 4 N–H and O–H groups in total. The second-order valence-electron chi connectivity index (χ2n) is 3.69. The summed E-state index contributed by atoms with van der Waals surface area (Å²) in [7, 11) is -3.65. The van der Waals surface area contributed by atoms with Gasteiger partial charge in [-0.2, -0.15) is 0 Å². The van der Waals surface area contributed by atoms with Crippen LogP contribution < -0.4 is 10.5 Å². The van der Waals surface area contributed by atoms with Gasteiger partial charge in [0.15, 0.2) is 0 Å². The quantitative estimate of drug-likeness (QED) is 0.661. The maximum absolute atomic E-state index is 11.9. The first-order valence-corrected chi connectivity index (χ1v) is 6.35. The molecule has 0 aliphatic heterocycles. The highest BCUT2D eigenvalue weighted by Gasteiger charge is 2.19. The Morgan fingerprint density at radius 3 is 2.62 bits per heavy atom. The number of nitrogen functional groups attached to an aromatic ring is 1. The molecule has 0 saturated carbocycles. The zero-order chi connectivity index (χ0) is 12.3. The number of nitrogens with one attached hydrogen (secondary N) is 1. The average molecular weight is 244 g/mol. The van der Waals surface area contributed by atoms with Crippen molar-refractivity contribution in [2.24, 2.45) is 0 Å². The number of nitrogens with two attached hydrogens (primary N) is 1. The third-order valence-corrected chi connectivity index (χ3v) is 3.72. The average Bonchev–Trinajstić information content (AvgIpc) is 2.14. The van der Waals surface area contributed by atoms with Crippen LogP contribution >= 0.6 is 0 Å². The topological polar surface area (TPSA) is 92.4 Å². The first-order valence-electron chi connectivity index (χ1n) is 4.87. The first-order chi connectivity index (χ1) is 7.34. The molecule has 16 heavy (non-hydrogen) atoms. The zero-order valence-electron chi connectivity index (χ0n) is 9.27. The van der Waals surface area contributed by atoms with Gasteiger partial charge in [-0.1, -0.05) is 12.1 Å². The van der Waals surface area contributed by atoms with Gasteiger partial charge in [-0.15, -0.1) is 0 Å². The van der Waals surface area contributed by atoms with Crippen LogP contribution in [-0.4, -0.2) is 26.2 Å². The Labute approximate surface area is 95.3 Å². The Bertz CT molecular complexity index is 449. The van der Waals surface area contributed by atoms with Gasteiger partial charge in [0.05, 0.1) is 11.8 Å². The third-order valence-electron chi connectivity index (χ3n) is 2.08. The van der Waals surface area contributed by atoms with Crippen LogP contribution in [0, 0.1) is 6.92 Å². The molecule has 0 saturated heterocycles. The number of aliphatic hydroxyl groups excluding tert-OH is 1. The van der Waals surface area contributed by atoms with E-state index in [9.17, 15) is 8.42 Å². The molecule has 0 spiro atoms. The van der Waals surface area contributed by atoms with Crippen molar-refractivity contribution < 1.29 is 13.5 Å². The van der Waals surface area contributed by atoms with E-state index in [0.717, 1.165) is 0 Å². The highest BCUT2D eigenvalue weighted by atomic mass is 32.2. The molecule has 0 heterocycles. The lowest BCUT2D eigenvalue weighted by molar-refractivity contribution is 0.198. The molecule has 0 radical (unpaired) electrons. The number of hydrogen-bond acceptors (Lipinski definition) is 4. The minimum atomic E-state index is -3.65. The van der Waals surface area contributed by atoms with Crippen molar-refractivity contribution in [1.82, 2.24) is 4.72 Å². The Hall–Kier alpha value is -1.11. The number of benzene rings is 1. The van der Waals surface area contributed by atoms with Crippen molar-refractivity contribution in [3.63, 3.8) is 0 Å². The number of aliphatic hydroxyl groups is 1. The molecule has 5 nitrogen and oxygen atoms in total. The van der Waals surface area contributed by atoms with Crippen LogP contribution in [0.4, 0.5) is 5.69 Å². The molecule has 6 heteroatoms. The lowest BCUT2D eigenvalue weighted by Gasteiger charge is -2.12. The van der Waals surface area contributed by atoms with Gasteiger partial charge in [0, 0.05) is 6.54 Å². The summed E-state index contributed by atoms with van der Waals surface area (Å²) >= 11 is 0. The van der Waals surface area contributed by atoms with Gasteiger partial charge in [-0.25, -0.2) is 13.1 Å². The highest BCUT2D eigenvalue weighted by Crippen LogP contribution is 2.21.